The molecule has 0 bridgehead atoms. The number of carbonyl (C=O) groups is 1. The molecule has 1 fully saturated rings. The minimum absolute atomic E-state index is 0.0187. The fraction of sp³-hybridized carbons (Fsp3) is 0.269. The maximum absolute atomic E-state index is 13.5. The van der Waals surface area contributed by atoms with Gasteiger partial charge < -0.3 is 15.4 Å². The van der Waals surface area contributed by atoms with Crippen LogP contribution in [0.15, 0.2) is 54.9 Å². The SMILES string of the molecule is COc1cccc(CN2CCC(NC(=O)c3cc4c(Nc5ccc(F)c(Cl)c5)ncnc4s3)CC2)c1. The molecule has 2 N–H and O–H groups in total. The van der Waals surface area contributed by atoms with Crippen molar-refractivity contribution >= 4 is 50.6 Å². The van der Waals surface area contributed by atoms with Gasteiger partial charge in [-0.1, -0.05) is 23.7 Å². The van der Waals surface area contributed by atoms with E-state index in [-0.39, 0.29) is 17.0 Å². The van der Waals surface area contributed by atoms with Crippen molar-refractivity contribution < 1.29 is 13.9 Å². The Bertz CT molecular complexity index is 1390. The molecule has 36 heavy (non-hydrogen) atoms. The number of nitrogens with one attached hydrogen (secondary N) is 2. The average Bonchev–Trinajstić information content (AvgIpc) is 3.33. The zero-order chi connectivity index (χ0) is 25.1. The zero-order valence-electron chi connectivity index (χ0n) is 19.6. The van der Waals surface area contributed by atoms with E-state index in [4.69, 9.17) is 16.3 Å². The Morgan fingerprint density at radius 3 is 2.81 bits per heavy atom. The summed E-state index contributed by atoms with van der Waals surface area (Å²) in [4.78, 5) is 25.3. The summed E-state index contributed by atoms with van der Waals surface area (Å²) in [6.07, 6.45) is 3.21. The third-order valence-corrected chi connectivity index (χ3v) is 7.53. The molecule has 2 aromatic heterocycles. The van der Waals surface area contributed by atoms with Crippen LogP contribution < -0.4 is 15.4 Å². The number of likely N-dealkylation sites (tertiary alicyclic amines) is 1. The number of aromatic nitrogens is 2. The number of thiophene rings is 1. The van der Waals surface area contributed by atoms with E-state index >= 15 is 0 Å². The molecule has 1 aliphatic heterocycles. The molecule has 0 aliphatic carbocycles. The van der Waals surface area contributed by atoms with Gasteiger partial charge in [0.05, 0.1) is 22.4 Å². The van der Waals surface area contributed by atoms with Gasteiger partial charge in [0.15, 0.2) is 0 Å². The number of benzene rings is 2. The molecule has 3 heterocycles. The molecule has 1 aliphatic rings. The summed E-state index contributed by atoms with van der Waals surface area (Å²) < 4.78 is 18.8. The predicted molar refractivity (Wildman–Crippen MR) is 141 cm³/mol. The summed E-state index contributed by atoms with van der Waals surface area (Å²) in [5.41, 5.74) is 1.81. The van der Waals surface area contributed by atoms with Gasteiger partial charge in [-0.25, -0.2) is 14.4 Å². The molecule has 0 unspecified atom stereocenters. The molecule has 2 aromatic carbocycles. The first-order chi connectivity index (χ1) is 17.5. The van der Waals surface area contributed by atoms with Gasteiger partial charge in [0.1, 0.15) is 28.5 Å². The number of nitrogens with zero attached hydrogens (tertiary/aromatic N) is 3. The number of methoxy groups -OCH3 is 1. The lowest BCUT2D eigenvalue weighted by Crippen LogP contribution is -2.44. The number of fused-ring (bicyclic) bond motifs is 1. The van der Waals surface area contributed by atoms with Crippen LogP contribution in [0.2, 0.25) is 5.02 Å². The Kier molecular flexibility index (Phi) is 7.31. The highest BCUT2D eigenvalue weighted by atomic mass is 35.5. The maximum atomic E-state index is 13.5. The molecular weight excluding hydrogens is 501 g/mol. The third kappa shape index (κ3) is 5.59. The average molecular weight is 526 g/mol. The van der Waals surface area contributed by atoms with Crippen molar-refractivity contribution in [2.75, 3.05) is 25.5 Å². The number of rotatable bonds is 7. The normalized spacial score (nSPS) is 14.6. The number of hydrogen-bond acceptors (Lipinski definition) is 7. The molecule has 0 radical (unpaired) electrons. The van der Waals surface area contributed by atoms with Crippen LogP contribution in [0.25, 0.3) is 10.2 Å². The molecule has 186 valence electrons. The van der Waals surface area contributed by atoms with Crippen LogP contribution in [0.1, 0.15) is 28.1 Å². The predicted octanol–water partition coefficient (Wildman–Crippen LogP) is 5.63. The van der Waals surface area contributed by atoms with Crippen LogP contribution in [0.4, 0.5) is 15.9 Å². The molecule has 0 saturated carbocycles. The summed E-state index contributed by atoms with van der Waals surface area (Å²) in [6, 6.07) is 14.4. The Morgan fingerprint density at radius 1 is 1.19 bits per heavy atom. The summed E-state index contributed by atoms with van der Waals surface area (Å²) in [6.45, 7) is 2.69. The van der Waals surface area contributed by atoms with Crippen molar-refractivity contribution in [3.05, 3.63) is 76.1 Å². The number of hydrogen-bond donors (Lipinski definition) is 2. The van der Waals surface area contributed by atoms with Gasteiger partial charge in [0.25, 0.3) is 5.91 Å². The second-order valence-corrected chi connectivity index (χ2v) is 10.1. The van der Waals surface area contributed by atoms with Crippen LogP contribution >= 0.6 is 22.9 Å². The lowest BCUT2D eigenvalue weighted by atomic mass is 10.0. The van der Waals surface area contributed by atoms with Gasteiger partial charge >= 0.3 is 0 Å². The van der Waals surface area contributed by atoms with E-state index in [2.05, 4.69) is 37.6 Å². The van der Waals surface area contributed by atoms with E-state index in [0.29, 0.717) is 21.2 Å². The summed E-state index contributed by atoms with van der Waals surface area (Å²) >= 11 is 7.21. The van der Waals surface area contributed by atoms with Crippen molar-refractivity contribution in [3.8, 4) is 5.75 Å². The molecule has 7 nitrogen and oxygen atoms in total. The number of carbonyl (C=O) groups excluding carboxylic acids is 1. The molecule has 10 heteroatoms. The molecule has 5 rings (SSSR count). The van der Waals surface area contributed by atoms with Crippen LogP contribution in [0, 0.1) is 5.82 Å². The van der Waals surface area contributed by atoms with E-state index in [1.165, 1.54) is 35.4 Å². The number of amides is 1. The Morgan fingerprint density at radius 2 is 2.03 bits per heavy atom. The van der Waals surface area contributed by atoms with Gasteiger partial charge in [-0.2, -0.15) is 0 Å². The van der Waals surface area contributed by atoms with Gasteiger partial charge in [0.2, 0.25) is 0 Å². The van der Waals surface area contributed by atoms with Crippen molar-refractivity contribution in [2.24, 2.45) is 0 Å². The van der Waals surface area contributed by atoms with E-state index in [9.17, 15) is 9.18 Å². The van der Waals surface area contributed by atoms with Gasteiger partial charge in [-0.15, -0.1) is 11.3 Å². The summed E-state index contributed by atoms with van der Waals surface area (Å²) in [7, 11) is 1.68. The van der Waals surface area contributed by atoms with Crippen LogP contribution in [-0.2, 0) is 6.54 Å². The second kappa shape index (κ2) is 10.8. The minimum Gasteiger partial charge on any atom is -0.497 e. The Balaban J connectivity index is 1.20. The highest BCUT2D eigenvalue weighted by Crippen LogP contribution is 2.31. The molecule has 4 aromatic rings. The monoisotopic (exact) mass is 525 g/mol. The number of anilines is 2. The fourth-order valence-electron chi connectivity index (χ4n) is 4.30. The first-order valence-electron chi connectivity index (χ1n) is 11.6. The molecule has 0 atom stereocenters. The van der Waals surface area contributed by atoms with Crippen LogP contribution in [0.5, 0.6) is 5.75 Å². The number of halogens is 2. The van der Waals surface area contributed by atoms with Crippen molar-refractivity contribution in [1.82, 2.24) is 20.2 Å². The second-order valence-electron chi connectivity index (χ2n) is 8.68. The Labute approximate surface area is 217 Å². The fourth-order valence-corrected chi connectivity index (χ4v) is 5.38. The quantitative estimate of drug-likeness (QED) is 0.325. The largest absolute Gasteiger partial charge is 0.497 e. The summed E-state index contributed by atoms with van der Waals surface area (Å²) in [5, 5.41) is 7.06. The summed E-state index contributed by atoms with van der Waals surface area (Å²) in [5.74, 6) is 0.794. The van der Waals surface area contributed by atoms with E-state index in [1.807, 2.05) is 12.1 Å². The molecule has 1 amide bonds. The highest BCUT2D eigenvalue weighted by molar-refractivity contribution is 7.20. The first-order valence-corrected chi connectivity index (χ1v) is 12.8. The Hall–Kier alpha value is -3.27. The van der Waals surface area contributed by atoms with Gasteiger partial charge in [-0.05, 0) is 54.8 Å². The van der Waals surface area contributed by atoms with Crippen LogP contribution in [0.3, 0.4) is 0 Å². The topological polar surface area (TPSA) is 79.4 Å². The third-order valence-electron chi connectivity index (χ3n) is 6.20. The number of piperidine rings is 1. The van der Waals surface area contributed by atoms with Gasteiger partial charge in [0, 0.05) is 31.4 Å². The van der Waals surface area contributed by atoms with Gasteiger partial charge in [-0.3, -0.25) is 9.69 Å². The first kappa shape index (κ1) is 24.4. The minimum atomic E-state index is -0.490. The smallest absolute Gasteiger partial charge is 0.261 e. The van der Waals surface area contributed by atoms with E-state index < -0.39 is 5.82 Å². The highest BCUT2D eigenvalue weighted by Gasteiger charge is 2.23. The van der Waals surface area contributed by atoms with Crippen molar-refractivity contribution in [2.45, 2.75) is 25.4 Å². The lowest BCUT2D eigenvalue weighted by Gasteiger charge is -2.32. The maximum Gasteiger partial charge on any atom is 0.261 e. The number of ether oxygens (including phenoxy) is 1. The molecule has 1 saturated heterocycles. The van der Waals surface area contributed by atoms with E-state index in [1.54, 1.807) is 19.2 Å². The molecule has 0 spiro atoms. The van der Waals surface area contributed by atoms with E-state index in [0.717, 1.165) is 43.6 Å². The van der Waals surface area contributed by atoms with Crippen LogP contribution in [-0.4, -0.2) is 47.0 Å². The molecular formula is C26H25ClFN5O2S. The standard InChI is InChI=1S/C26H25ClFN5O2S/c1-35-19-4-2-3-16(11-19)14-33-9-7-17(8-10-33)32-25(34)23-13-20-24(29-15-30-26(20)36-23)31-18-5-6-22(28)21(27)12-18/h2-6,11-13,15,17H,7-10,14H2,1H3,(H,32,34)(H,29,30,31). The van der Waals surface area contributed by atoms with Crippen molar-refractivity contribution in [1.29, 1.82) is 0 Å². The van der Waals surface area contributed by atoms with Crippen molar-refractivity contribution in [3.63, 3.8) is 0 Å². The lowest BCUT2D eigenvalue weighted by molar-refractivity contribution is 0.0913. The zero-order valence-corrected chi connectivity index (χ0v) is 21.2.